The molecule has 1 aliphatic heterocycles. The summed E-state index contributed by atoms with van der Waals surface area (Å²) in [6.45, 7) is 5.94. The quantitative estimate of drug-likeness (QED) is 0.729. The van der Waals surface area contributed by atoms with Crippen molar-refractivity contribution in [3.05, 3.63) is 35.4 Å². The Morgan fingerprint density at radius 2 is 1.80 bits per heavy atom. The average molecular weight is 203 g/mol. The molecule has 1 heterocycles. The Kier molecular flexibility index (Phi) is 3.79. The van der Waals surface area contributed by atoms with Gasteiger partial charge in [0.05, 0.1) is 0 Å². The summed E-state index contributed by atoms with van der Waals surface area (Å²) in [5, 5.41) is 0. The van der Waals surface area contributed by atoms with Crippen LogP contribution in [0, 0.1) is 0 Å². The van der Waals surface area contributed by atoms with Crippen molar-refractivity contribution in [3.8, 4) is 0 Å². The fourth-order valence-corrected chi connectivity index (χ4v) is 2.32. The van der Waals surface area contributed by atoms with E-state index < -0.39 is 0 Å². The van der Waals surface area contributed by atoms with Crippen LogP contribution < -0.4 is 0 Å². The first-order chi connectivity index (χ1) is 7.38. The Labute approximate surface area is 93.1 Å². The Balaban J connectivity index is 1.96. The molecule has 1 heteroatoms. The zero-order valence-electron chi connectivity index (χ0n) is 9.71. The highest BCUT2D eigenvalue weighted by molar-refractivity contribution is 5.23. The van der Waals surface area contributed by atoms with Crippen LogP contribution >= 0.6 is 0 Å². The Morgan fingerprint density at radius 3 is 2.53 bits per heavy atom. The SMILES string of the molecule is CCc1cccc(CN2CCCCC2)c1. The highest BCUT2D eigenvalue weighted by atomic mass is 15.1. The van der Waals surface area contributed by atoms with Gasteiger partial charge in [-0.15, -0.1) is 0 Å². The third kappa shape index (κ3) is 3.07. The van der Waals surface area contributed by atoms with Gasteiger partial charge in [0.15, 0.2) is 0 Å². The second-order valence-corrected chi connectivity index (χ2v) is 4.51. The number of benzene rings is 1. The molecule has 0 radical (unpaired) electrons. The largest absolute Gasteiger partial charge is 0.299 e. The first kappa shape index (κ1) is 10.7. The van der Waals surface area contributed by atoms with E-state index in [-0.39, 0.29) is 0 Å². The Bertz CT molecular complexity index is 300. The lowest BCUT2D eigenvalue weighted by Gasteiger charge is -2.26. The lowest BCUT2D eigenvalue weighted by Crippen LogP contribution is -2.29. The van der Waals surface area contributed by atoms with E-state index in [9.17, 15) is 0 Å². The first-order valence-electron chi connectivity index (χ1n) is 6.18. The van der Waals surface area contributed by atoms with Crippen LogP contribution in [0.15, 0.2) is 24.3 Å². The minimum absolute atomic E-state index is 1.15. The third-order valence-corrected chi connectivity index (χ3v) is 3.25. The van der Waals surface area contributed by atoms with E-state index in [1.54, 1.807) is 0 Å². The zero-order valence-corrected chi connectivity index (χ0v) is 9.71. The summed E-state index contributed by atoms with van der Waals surface area (Å²) < 4.78 is 0. The van der Waals surface area contributed by atoms with Crippen molar-refractivity contribution < 1.29 is 0 Å². The van der Waals surface area contributed by atoms with Gasteiger partial charge in [0, 0.05) is 6.54 Å². The first-order valence-corrected chi connectivity index (χ1v) is 6.18. The third-order valence-electron chi connectivity index (χ3n) is 3.25. The molecule has 82 valence electrons. The highest BCUT2D eigenvalue weighted by Crippen LogP contribution is 2.14. The van der Waals surface area contributed by atoms with Gasteiger partial charge in [0.1, 0.15) is 0 Å². The van der Waals surface area contributed by atoms with Crippen molar-refractivity contribution in [1.29, 1.82) is 0 Å². The summed E-state index contributed by atoms with van der Waals surface area (Å²) in [5.74, 6) is 0. The molecule has 1 nitrogen and oxygen atoms in total. The Morgan fingerprint density at radius 1 is 1.07 bits per heavy atom. The van der Waals surface area contributed by atoms with Crippen molar-refractivity contribution in [2.45, 2.75) is 39.2 Å². The van der Waals surface area contributed by atoms with Crippen molar-refractivity contribution in [2.75, 3.05) is 13.1 Å². The summed E-state index contributed by atoms with van der Waals surface area (Å²) in [5.41, 5.74) is 2.95. The molecule has 0 atom stereocenters. The van der Waals surface area contributed by atoms with Crippen LogP contribution in [-0.2, 0) is 13.0 Å². The molecular weight excluding hydrogens is 182 g/mol. The van der Waals surface area contributed by atoms with Gasteiger partial charge in [-0.3, -0.25) is 4.90 Å². The highest BCUT2D eigenvalue weighted by Gasteiger charge is 2.09. The fourth-order valence-electron chi connectivity index (χ4n) is 2.32. The van der Waals surface area contributed by atoms with E-state index in [2.05, 4.69) is 36.1 Å². The van der Waals surface area contributed by atoms with E-state index in [1.165, 1.54) is 43.5 Å². The van der Waals surface area contributed by atoms with Crippen molar-refractivity contribution in [2.24, 2.45) is 0 Å². The van der Waals surface area contributed by atoms with Gasteiger partial charge in [-0.1, -0.05) is 37.6 Å². The van der Waals surface area contributed by atoms with E-state index in [0.717, 1.165) is 13.0 Å². The molecule has 0 N–H and O–H groups in total. The van der Waals surface area contributed by atoms with E-state index in [1.807, 2.05) is 0 Å². The molecule has 0 unspecified atom stereocenters. The van der Waals surface area contributed by atoms with Gasteiger partial charge in [0.25, 0.3) is 0 Å². The average Bonchev–Trinajstić information content (AvgIpc) is 2.31. The van der Waals surface area contributed by atoms with Crippen LogP contribution in [0.3, 0.4) is 0 Å². The molecule has 1 saturated heterocycles. The molecule has 0 aliphatic carbocycles. The topological polar surface area (TPSA) is 3.24 Å². The molecule has 1 aromatic carbocycles. The molecule has 0 amide bonds. The Hall–Kier alpha value is -0.820. The van der Waals surface area contributed by atoms with Gasteiger partial charge in [0.2, 0.25) is 0 Å². The van der Waals surface area contributed by atoms with Crippen LogP contribution in [-0.4, -0.2) is 18.0 Å². The monoisotopic (exact) mass is 203 g/mol. The number of nitrogens with zero attached hydrogens (tertiary/aromatic N) is 1. The van der Waals surface area contributed by atoms with Crippen molar-refractivity contribution >= 4 is 0 Å². The van der Waals surface area contributed by atoms with E-state index in [4.69, 9.17) is 0 Å². The van der Waals surface area contributed by atoms with Crippen molar-refractivity contribution in [1.82, 2.24) is 4.90 Å². The minimum Gasteiger partial charge on any atom is -0.299 e. The summed E-state index contributed by atoms with van der Waals surface area (Å²) in [7, 11) is 0. The van der Waals surface area contributed by atoms with E-state index >= 15 is 0 Å². The lowest BCUT2D eigenvalue weighted by atomic mass is 10.1. The number of likely N-dealkylation sites (tertiary alicyclic amines) is 1. The molecule has 1 aromatic rings. The summed E-state index contributed by atoms with van der Waals surface area (Å²) in [6.07, 6.45) is 5.33. The lowest BCUT2D eigenvalue weighted by molar-refractivity contribution is 0.221. The van der Waals surface area contributed by atoms with Gasteiger partial charge in [-0.25, -0.2) is 0 Å². The van der Waals surface area contributed by atoms with Gasteiger partial charge >= 0.3 is 0 Å². The summed E-state index contributed by atoms with van der Waals surface area (Å²) >= 11 is 0. The van der Waals surface area contributed by atoms with Gasteiger partial charge in [-0.2, -0.15) is 0 Å². The standard InChI is InChI=1S/C14H21N/c1-2-13-7-6-8-14(11-13)12-15-9-4-3-5-10-15/h6-8,11H,2-5,9-10,12H2,1H3. The normalized spacial score (nSPS) is 17.9. The molecule has 0 spiro atoms. The van der Waals surface area contributed by atoms with Crippen LogP contribution in [0.2, 0.25) is 0 Å². The summed E-state index contributed by atoms with van der Waals surface area (Å²) in [4.78, 5) is 2.58. The van der Waals surface area contributed by atoms with Crippen LogP contribution in [0.5, 0.6) is 0 Å². The molecular formula is C14H21N. The number of piperidine rings is 1. The van der Waals surface area contributed by atoms with Crippen LogP contribution in [0.25, 0.3) is 0 Å². The van der Waals surface area contributed by atoms with Crippen LogP contribution in [0.1, 0.15) is 37.3 Å². The predicted molar refractivity (Wildman–Crippen MR) is 64.9 cm³/mol. The summed E-state index contributed by atoms with van der Waals surface area (Å²) in [6, 6.07) is 9.03. The second kappa shape index (κ2) is 5.32. The number of aryl methyl sites for hydroxylation is 1. The zero-order chi connectivity index (χ0) is 10.5. The predicted octanol–water partition coefficient (Wildman–Crippen LogP) is 3.23. The number of rotatable bonds is 3. The molecule has 0 aromatic heterocycles. The van der Waals surface area contributed by atoms with E-state index in [0.29, 0.717) is 0 Å². The van der Waals surface area contributed by atoms with Crippen LogP contribution in [0.4, 0.5) is 0 Å². The smallest absolute Gasteiger partial charge is 0.0233 e. The van der Waals surface area contributed by atoms with Gasteiger partial charge in [-0.05, 0) is 43.5 Å². The van der Waals surface area contributed by atoms with Gasteiger partial charge < -0.3 is 0 Å². The molecule has 2 rings (SSSR count). The maximum Gasteiger partial charge on any atom is 0.0233 e. The molecule has 0 bridgehead atoms. The second-order valence-electron chi connectivity index (χ2n) is 4.51. The molecule has 15 heavy (non-hydrogen) atoms. The number of hydrogen-bond donors (Lipinski definition) is 0. The maximum absolute atomic E-state index is 2.58. The number of hydrogen-bond acceptors (Lipinski definition) is 1. The van der Waals surface area contributed by atoms with Crippen molar-refractivity contribution in [3.63, 3.8) is 0 Å². The molecule has 1 fully saturated rings. The maximum atomic E-state index is 2.58. The fraction of sp³-hybridized carbons (Fsp3) is 0.571. The molecule has 1 aliphatic rings. The molecule has 0 saturated carbocycles. The minimum atomic E-state index is 1.15.